The van der Waals surface area contributed by atoms with Crippen LogP contribution in [0.1, 0.15) is 17.7 Å². The van der Waals surface area contributed by atoms with E-state index in [0.717, 1.165) is 0 Å². The number of aromatic amines is 1. The number of nitrogens with zero attached hydrogens (tertiary/aromatic N) is 2. The molecule has 0 aliphatic rings. The fourth-order valence-corrected chi connectivity index (χ4v) is 4.37. The number of aromatic nitrogens is 3. The van der Waals surface area contributed by atoms with Crippen LogP contribution in [-0.4, -0.2) is 35.5 Å². The van der Waals surface area contributed by atoms with Crippen molar-refractivity contribution < 1.29 is 39.5 Å². The molecule has 4 aromatic rings. The van der Waals surface area contributed by atoms with E-state index in [1.165, 1.54) is 66.7 Å². The molecule has 0 aliphatic heterocycles. The lowest BCUT2D eigenvalue weighted by atomic mass is 10.1. The van der Waals surface area contributed by atoms with E-state index < -0.39 is 39.9 Å². The van der Waals surface area contributed by atoms with Crippen LogP contribution in [0.2, 0.25) is 0 Å². The normalized spacial score (nSPS) is 12.0. The topological polar surface area (TPSA) is 109 Å². The number of sulfonamides is 1. The first kappa shape index (κ1) is 27.8. The molecule has 2 aromatic carbocycles. The van der Waals surface area contributed by atoms with Crippen molar-refractivity contribution in [2.75, 3.05) is 15.8 Å². The number of H-pyrrole nitrogens is 1. The molecule has 3 N–H and O–H groups in total. The van der Waals surface area contributed by atoms with Crippen molar-refractivity contribution in [2.24, 2.45) is 0 Å². The van der Waals surface area contributed by atoms with Gasteiger partial charge in [-0.15, -0.1) is 0 Å². The summed E-state index contributed by atoms with van der Waals surface area (Å²) in [5.41, 5.74) is 0.604. The molecule has 0 radical (unpaired) electrons. The molecule has 8 nitrogen and oxygen atoms in total. The minimum Gasteiger partial charge on any atom is -0.487 e. The maximum Gasteiger partial charge on any atom is 0.404 e. The molecular weight excluding hydrogens is 552 g/mol. The molecule has 0 atom stereocenters. The second-order valence-electron chi connectivity index (χ2n) is 8.14. The molecule has 0 unspecified atom stereocenters. The molecule has 0 aliphatic carbocycles. The molecule has 4 rings (SSSR count). The molecule has 0 bridgehead atoms. The Morgan fingerprint density at radius 1 is 0.974 bits per heavy atom. The summed E-state index contributed by atoms with van der Waals surface area (Å²) in [6.45, 7) is -0.153. The van der Waals surface area contributed by atoms with E-state index in [1.54, 1.807) is 0 Å². The summed E-state index contributed by atoms with van der Waals surface area (Å²) in [7, 11) is -4.82. The van der Waals surface area contributed by atoms with Crippen LogP contribution in [0.3, 0.4) is 0 Å². The van der Waals surface area contributed by atoms with Gasteiger partial charge >= 0.3 is 6.18 Å². The lowest BCUT2D eigenvalue weighted by molar-refractivity contribution is -0.106. The van der Waals surface area contributed by atoms with Crippen LogP contribution in [0.25, 0.3) is 11.3 Å². The summed E-state index contributed by atoms with van der Waals surface area (Å²) >= 11 is 0. The highest BCUT2D eigenvalue weighted by atomic mass is 32.2. The fourth-order valence-electron chi connectivity index (χ4n) is 3.36. The summed E-state index contributed by atoms with van der Waals surface area (Å²) in [5.74, 6) is -2.37. The Bertz CT molecular complexity index is 1540. The van der Waals surface area contributed by atoms with Gasteiger partial charge in [-0.2, -0.15) is 18.3 Å². The van der Waals surface area contributed by atoms with Gasteiger partial charge in [-0.25, -0.2) is 26.6 Å². The fraction of sp³-hybridized carbons (Fsp3) is 0.167. The van der Waals surface area contributed by atoms with E-state index in [0.29, 0.717) is 16.8 Å². The van der Waals surface area contributed by atoms with Gasteiger partial charge in [0.05, 0.1) is 11.4 Å². The SMILES string of the molecule is O=S(=O)(CC(F)(F)F)Nc1ccc(-c2cc(Nc3cccc(C(F)F)n3)n[nH]2)cc1OCc1ccc(F)cc1. The van der Waals surface area contributed by atoms with Crippen LogP contribution < -0.4 is 14.8 Å². The van der Waals surface area contributed by atoms with E-state index in [-0.39, 0.29) is 29.7 Å². The quantitative estimate of drug-likeness (QED) is 0.196. The first-order chi connectivity index (χ1) is 18.4. The van der Waals surface area contributed by atoms with Gasteiger partial charge in [0.25, 0.3) is 6.43 Å². The Morgan fingerprint density at radius 3 is 2.41 bits per heavy atom. The van der Waals surface area contributed by atoms with E-state index >= 15 is 0 Å². The van der Waals surface area contributed by atoms with Crippen molar-refractivity contribution in [1.82, 2.24) is 15.2 Å². The van der Waals surface area contributed by atoms with E-state index in [4.69, 9.17) is 4.74 Å². The number of rotatable bonds is 10. The third kappa shape index (κ3) is 7.86. The Morgan fingerprint density at radius 2 is 1.72 bits per heavy atom. The summed E-state index contributed by atoms with van der Waals surface area (Å²) < 4.78 is 109. The van der Waals surface area contributed by atoms with Gasteiger partial charge < -0.3 is 10.1 Å². The zero-order valence-electron chi connectivity index (χ0n) is 19.6. The van der Waals surface area contributed by atoms with Crippen molar-refractivity contribution >= 4 is 27.3 Å². The van der Waals surface area contributed by atoms with Gasteiger partial charge in [0, 0.05) is 11.6 Å². The van der Waals surface area contributed by atoms with Gasteiger partial charge in [0.1, 0.15) is 29.7 Å². The Balaban J connectivity index is 1.60. The number of alkyl halides is 5. The van der Waals surface area contributed by atoms with Crippen LogP contribution in [0.15, 0.2) is 66.7 Å². The number of ether oxygens (including phenoxy) is 1. The number of pyridine rings is 1. The average molecular weight is 572 g/mol. The van der Waals surface area contributed by atoms with Gasteiger partial charge in [-0.1, -0.05) is 24.3 Å². The van der Waals surface area contributed by atoms with Crippen LogP contribution in [0, 0.1) is 5.82 Å². The number of benzene rings is 2. The van der Waals surface area contributed by atoms with Crippen molar-refractivity contribution in [3.63, 3.8) is 0 Å². The van der Waals surface area contributed by atoms with E-state index in [1.807, 2.05) is 4.72 Å². The molecule has 0 saturated heterocycles. The number of nitrogens with one attached hydrogen (secondary N) is 3. The predicted octanol–water partition coefficient (Wildman–Crippen LogP) is 6.18. The second kappa shape index (κ2) is 11.2. The van der Waals surface area contributed by atoms with Gasteiger partial charge in [0.15, 0.2) is 11.6 Å². The maximum absolute atomic E-state index is 13.2. The Labute approximate surface area is 218 Å². The average Bonchev–Trinajstić information content (AvgIpc) is 3.31. The van der Waals surface area contributed by atoms with Gasteiger partial charge in [0.2, 0.25) is 10.0 Å². The number of halogens is 6. The van der Waals surface area contributed by atoms with E-state index in [2.05, 4.69) is 20.5 Å². The molecule has 206 valence electrons. The van der Waals surface area contributed by atoms with Crippen molar-refractivity contribution in [2.45, 2.75) is 19.2 Å². The largest absolute Gasteiger partial charge is 0.487 e. The summed E-state index contributed by atoms with van der Waals surface area (Å²) in [5, 5.41) is 9.52. The summed E-state index contributed by atoms with van der Waals surface area (Å²) in [4.78, 5) is 3.79. The third-order valence-electron chi connectivity index (χ3n) is 5.05. The highest BCUT2D eigenvalue weighted by Gasteiger charge is 2.35. The van der Waals surface area contributed by atoms with Crippen molar-refractivity contribution in [3.8, 4) is 17.0 Å². The first-order valence-corrected chi connectivity index (χ1v) is 12.7. The van der Waals surface area contributed by atoms with Crippen LogP contribution in [0.5, 0.6) is 5.75 Å². The van der Waals surface area contributed by atoms with Crippen LogP contribution in [-0.2, 0) is 16.6 Å². The van der Waals surface area contributed by atoms with Gasteiger partial charge in [-0.05, 0) is 42.0 Å². The Hall–Kier alpha value is -4.27. The molecule has 0 amide bonds. The van der Waals surface area contributed by atoms with Crippen molar-refractivity contribution in [1.29, 1.82) is 0 Å². The zero-order valence-corrected chi connectivity index (χ0v) is 20.5. The van der Waals surface area contributed by atoms with Crippen LogP contribution in [0.4, 0.5) is 43.7 Å². The highest BCUT2D eigenvalue weighted by molar-refractivity contribution is 7.92. The molecule has 39 heavy (non-hydrogen) atoms. The summed E-state index contributed by atoms with van der Waals surface area (Å²) in [6.07, 6.45) is -7.73. The van der Waals surface area contributed by atoms with Gasteiger partial charge in [-0.3, -0.25) is 9.82 Å². The minimum absolute atomic E-state index is 0.113. The lowest BCUT2D eigenvalue weighted by Gasteiger charge is -2.16. The molecular formula is C24H19F6N5O3S. The molecule has 15 heteroatoms. The van der Waals surface area contributed by atoms with E-state index in [9.17, 15) is 34.8 Å². The smallest absolute Gasteiger partial charge is 0.404 e. The molecule has 2 aromatic heterocycles. The second-order valence-corrected chi connectivity index (χ2v) is 9.86. The minimum atomic E-state index is -4.97. The number of hydrogen-bond donors (Lipinski definition) is 3. The monoisotopic (exact) mass is 571 g/mol. The van der Waals surface area contributed by atoms with Crippen molar-refractivity contribution in [3.05, 3.63) is 83.8 Å². The predicted molar refractivity (Wildman–Crippen MR) is 131 cm³/mol. The standard InChI is InChI=1S/C24H19F6N5O3S/c25-16-7-4-14(5-8-16)12-38-20-10-15(6-9-17(20)35-39(36,37)13-24(28,29)30)19-11-22(34-33-19)32-21-3-1-2-18(31-21)23(26)27/h1-11,23,35H,12-13H2,(H2,31,32,33,34). The number of anilines is 3. The molecule has 0 spiro atoms. The Kier molecular flexibility index (Phi) is 7.99. The number of hydrogen-bond acceptors (Lipinski definition) is 6. The summed E-state index contributed by atoms with van der Waals surface area (Å²) in [6, 6.07) is 14.7. The maximum atomic E-state index is 13.2. The molecule has 0 fully saturated rings. The zero-order chi connectivity index (χ0) is 28.2. The third-order valence-corrected chi connectivity index (χ3v) is 6.29. The van der Waals surface area contributed by atoms with Crippen LogP contribution >= 0.6 is 0 Å². The molecule has 0 saturated carbocycles. The highest BCUT2D eigenvalue weighted by Crippen LogP contribution is 2.33. The lowest BCUT2D eigenvalue weighted by Crippen LogP contribution is -2.28. The first-order valence-electron chi connectivity index (χ1n) is 11.0. The molecule has 2 heterocycles.